The number of ether oxygens (including phenoxy) is 1. The van der Waals surface area contributed by atoms with Crippen LogP contribution in [0.5, 0.6) is 5.75 Å². The highest BCUT2D eigenvalue weighted by Gasteiger charge is 2.57. The summed E-state index contributed by atoms with van der Waals surface area (Å²) in [5, 5.41) is 29.2. The van der Waals surface area contributed by atoms with Gasteiger partial charge in [0.15, 0.2) is 0 Å². The molecule has 1 aromatic heterocycles. The van der Waals surface area contributed by atoms with E-state index in [1.54, 1.807) is 37.7 Å². The first-order valence-electron chi connectivity index (χ1n) is 18.4. The summed E-state index contributed by atoms with van der Waals surface area (Å²) in [6, 6.07) is 10.7. The van der Waals surface area contributed by atoms with Gasteiger partial charge in [-0.1, -0.05) is 39.0 Å². The fraction of sp³-hybridized carbons (Fsp3) is 0.550. The minimum atomic E-state index is -0.902. The molecule has 8 atom stereocenters. The molecular weight excluding hydrogens is 660 g/mol. The van der Waals surface area contributed by atoms with E-state index in [0.29, 0.717) is 42.0 Å². The van der Waals surface area contributed by atoms with Crippen LogP contribution >= 0.6 is 0 Å². The number of nitrogens with one attached hydrogen (secondary N) is 2. The summed E-state index contributed by atoms with van der Waals surface area (Å²) in [5.41, 5.74) is 4.71. The van der Waals surface area contributed by atoms with Gasteiger partial charge in [-0.3, -0.25) is 24.4 Å². The van der Waals surface area contributed by atoms with E-state index in [1.807, 2.05) is 55.4 Å². The van der Waals surface area contributed by atoms with E-state index in [2.05, 4.69) is 41.4 Å². The van der Waals surface area contributed by atoms with Crippen LogP contribution in [-0.4, -0.2) is 95.7 Å². The number of rotatable bonds is 13. The SMILES string of the molecule is COc1c(CN2O[C@@H](CO)[C@H]([C@H](C)O)[C@H]2C(=O)N[C@H]2C[C@H]3C[C@@H]([C@@H]2C)C3(C)C)cccc1-c1cc(C(=O)NCCc2cnccn2)cc(N(C)C)c1. The Morgan fingerprint density at radius 3 is 2.60 bits per heavy atom. The Kier molecular flexibility index (Phi) is 11.2. The summed E-state index contributed by atoms with van der Waals surface area (Å²) in [6.45, 7) is 8.77. The zero-order chi connectivity index (χ0) is 37.3. The molecule has 3 saturated carbocycles. The van der Waals surface area contributed by atoms with Crippen LogP contribution in [0.1, 0.15) is 62.2 Å². The number of aliphatic hydroxyl groups is 2. The van der Waals surface area contributed by atoms with Gasteiger partial charge in [0, 0.05) is 80.0 Å². The van der Waals surface area contributed by atoms with Crippen LogP contribution in [0.2, 0.25) is 0 Å². The first-order valence-corrected chi connectivity index (χ1v) is 18.4. The summed E-state index contributed by atoms with van der Waals surface area (Å²) < 4.78 is 6.04. The van der Waals surface area contributed by atoms with Crippen LogP contribution in [0.15, 0.2) is 55.0 Å². The smallest absolute Gasteiger partial charge is 0.251 e. The maximum Gasteiger partial charge on any atom is 0.251 e. The van der Waals surface area contributed by atoms with E-state index in [1.165, 1.54) is 6.42 Å². The van der Waals surface area contributed by atoms with Crippen molar-refractivity contribution in [3.8, 4) is 16.9 Å². The Bertz CT molecular complexity index is 1730. The Hall–Kier alpha value is -4.10. The number of nitrogens with zero attached hydrogens (tertiary/aromatic N) is 4. The molecule has 2 heterocycles. The van der Waals surface area contributed by atoms with E-state index in [0.717, 1.165) is 34.5 Å². The van der Waals surface area contributed by atoms with Gasteiger partial charge in [0.1, 0.15) is 17.9 Å². The molecule has 1 saturated heterocycles. The average Bonchev–Trinajstić information content (AvgIpc) is 3.51. The Labute approximate surface area is 306 Å². The van der Waals surface area contributed by atoms with E-state index in [4.69, 9.17) is 9.57 Å². The highest BCUT2D eigenvalue weighted by molar-refractivity contribution is 5.97. The minimum absolute atomic E-state index is 0.0363. The van der Waals surface area contributed by atoms with Gasteiger partial charge in [0.05, 0.1) is 32.1 Å². The molecule has 280 valence electrons. The molecule has 2 bridgehead atoms. The van der Waals surface area contributed by atoms with E-state index in [-0.39, 0.29) is 36.4 Å². The lowest BCUT2D eigenvalue weighted by atomic mass is 9.45. The van der Waals surface area contributed by atoms with Crippen LogP contribution in [0, 0.1) is 29.1 Å². The molecule has 0 unspecified atom stereocenters. The second-order valence-electron chi connectivity index (χ2n) is 15.6. The average molecular weight is 715 g/mol. The van der Waals surface area contributed by atoms with E-state index in [9.17, 15) is 19.8 Å². The van der Waals surface area contributed by atoms with Gasteiger partial charge in [0.25, 0.3) is 5.91 Å². The normalized spacial score (nSPS) is 27.0. The molecule has 0 spiro atoms. The number of benzene rings is 2. The fourth-order valence-corrected chi connectivity index (χ4v) is 8.85. The van der Waals surface area contributed by atoms with Crippen molar-refractivity contribution in [3.63, 3.8) is 0 Å². The number of fused-ring (bicyclic) bond motifs is 2. The Balaban J connectivity index is 1.26. The molecular formula is C40H54N6O6. The fourth-order valence-electron chi connectivity index (χ4n) is 8.85. The Morgan fingerprint density at radius 1 is 1.17 bits per heavy atom. The highest BCUT2D eigenvalue weighted by Crippen LogP contribution is 2.61. The number of hydrogen-bond acceptors (Lipinski definition) is 10. The molecule has 1 aliphatic heterocycles. The van der Waals surface area contributed by atoms with Crippen LogP contribution in [-0.2, 0) is 22.6 Å². The van der Waals surface area contributed by atoms with Gasteiger partial charge in [-0.15, -0.1) is 0 Å². The van der Waals surface area contributed by atoms with Gasteiger partial charge in [0.2, 0.25) is 5.91 Å². The van der Waals surface area contributed by atoms with Crippen molar-refractivity contribution in [2.24, 2.45) is 29.1 Å². The first kappa shape index (κ1) is 37.7. The molecule has 52 heavy (non-hydrogen) atoms. The summed E-state index contributed by atoms with van der Waals surface area (Å²) >= 11 is 0. The third kappa shape index (κ3) is 7.39. The second kappa shape index (κ2) is 15.5. The van der Waals surface area contributed by atoms with Crippen molar-refractivity contribution in [1.29, 1.82) is 0 Å². The summed E-state index contributed by atoms with van der Waals surface area (Å²) in [7, 11) is 5.44. The number of anilines is 1. The van der Waals surface area contributed by atoms with Crippen molar-refractivity contribution < 1.29 is 29.4 Å². The number of aromatic nitrogens is 2. The van der Waals surface area contributed by atoms with Gasteiger partial charge in [-0.05, 0) is 66.7 Å². The molecule has 4 aliphatic rings. The number of para-hydroxylation sites is 1. The summed E-state index contributed by atoms with van der Waals surface area (Å²) in [6.07, 6.45) is 5.96. The first-order chi connectivity index (χ1) is 24.8. The quantitative estimate of drug-likeness (QED) is 0.206. The standard InChI is InChI=1S/C40H54N6O6/c1-23-32-18-28(40(32,3)4)19-33(23)44-39(50)36-35(24(2)48)34(22-47)52-46(36)21-25-9-8-10-31(37(25)51-7)26-15-27(17-30(16-26)45(5)6)38(49)43-12-11-29-20-41-13-14-42-29/h8-10,13-17,20,23-24,28,32-36,47-48H,11-12,18-19,21-22H2,1-7H3,(H,43,49)(H,44,50)/t23-,24-,28+,32-,33-,34-,35-,36-/m0/s1. The van der Waals surface area contributed by atoms with Crippen molar-refractivity contribution in [3.05, 3.63) is 71.8 Å². The molecule has 4 fully saturated rings. The van der Waals surface area contributed by atoms with Crippen molar-refractivity contribution >= 4 is 17.5 Å². The van der Waals surface area contributed by atoms with E-state index < -0.39 is 24.2 Å². The van der Waals surface area contributed by atoms with Crippen LogP contribution in [0.3, 0.4) is 0 Å². The Morgan fingerprint density at radius 2 is 1.96 bits per heavy atom. The molecule has 0 radical (unpaired) electrons. The molecule has 12 heteroatoms. The van der Waals surface area contributed by atoms with Gasteiger partial charge in [-0.25, -0.2) is 0 Å². The van der Waals surface area contributed by atoms with Gasteiger partial charge in [-0.2, -0.15) is 5.06 Å². The maximum absolute atomic E-state index is 14.2. The molecule has 4 N–H and O–H groups in total. The molecule has 7 rings (SSSR count). The second-order valence-corrected chi connectivity index (χ2v) is 15.6. The minimum Gasteiger partial charge on any atom is -0.496 e. The number of carbonyl (C=O) groups is 2. The van der Waals surface area contributed by atoms with Crippen molar-refractivity contribution in [2.45, 2.75) is 77.8 Å². The number of methoxy groups -OCH3 is 1. The molecule has 3 aromatic rings. The monoisotopic (exact) mass is 714 g/mol. The molecule has 2 amide bonds. The topological polar surface area (TPSA) is 149 Å². The summed E-state index contributed by atoms with van der Waals surface area (Å²) in [4.78, 5) is 44.2. The number of amides is 2. The number of carbonyl (C=O) groups excluding carboxylic acids is 2. The lowest BCUT2D eigenvalue weighted by Crippen LogP contribution is -2.62. The molecule has 2 aromatic carbocycles. The number of hydrogen-bond donors (Lipinski definition) is 4. The van der Waals surface area contributed by atoms with Crippen molar-refractivity contribution in [1.82, 2.24) is 25.7 Å². The number of hydroxylamine groups is 2. The third-order valence-corrected chi connectivity index (χ3v) is 12.0. The van der Waals surface area contributed by atoms with Crippen LogP contribution in [0.25, 0.3) is 11.1 Å². The number of aliphatic hydroxyl groups excluding tert-OH is 2. The van der Waals surface area contributed by atoms with E-state index >= 15 is 0 Å². The molecule has 3 aliphatic carbocycles. The zero-order valence-electron chi connectivity index (χ0n) is 31.4. The van der Waals surface area contributed by atoms with Crippen LogP contribution in [0.4, 0.5) is 5.69 Å². The molecule has 12 nitrogen and oxygen atoms in total. The predicted molar refractivity (Wildman–Crippen MR) is 198 cm³/mol. The lowest BCUT2D eigenvalue weighted by molar-refractivity contribution is -0.183. The zero-order valence-corrected chi connectivity index (χ0v) is 31.4. The van der Waals surface area contributed by atoms with Gasteiger partial charge < -0.3 is 30.5 Å². The highest BCUT2D eigenvalue weighted by atomic mass is 16.7. The summed E-state index contributed by atoms with van der Waals surface area (Å²) in [5.74, 6) is 0.964. The van der Waals surface area contributed by atoms with Crippen molar-refractivity contribution in [2.75, 3.05) is 39.3 Å². The largest absolute Gasteiger partial charge is 0.496 e. The maximum atomic E-state index is 14.2. The van der Waals surface area contributed by atoms with Crippen LogP contribution < -0.4 is 20.3 Å². The third-order valence-electron chi connectivity index (χ3n) is 12.0. The lowest BCUT2D eigenvalue weighted by Gasteiger charge is -2.62. The predicted octanol–water partition coefficient (Wildman–Crippen LogP) is 3.85. The van der Waals surface area contributed by atoms with Gasteiger partial charge >= 0.3 is 0 Å².